The monoisotopic (exact) mass is 550 g/mol. The van der Waals surface area contributed by atoms with Crippen LogP contribution in [-0.4, -0.2) is 47.5 Å². The number of amides is 1. The van der Waals surface area contributed by atoms with Gasteiger partial charge in [-0.3, -0.25) is 14.9 Å². The predicted octanol–water partition coefficient (Wildman–Crippen LogP) is 5.44. The standard InChI is InChI=1S/C27H29Cl3N2O4/c1-3-31-24(33)22-7-5-4-6-21(22)23(17-8-10-20(35-2)11-9-17)18-14-19-12-13-26(15-18,32-19)25(34)36-16-27(28,29)30/h4-11,19,32H,3,12-16H2,1-2H3,(H,31,33). The fourth-order valence-electron chi connectivity index (χ4n) is 5.15. The Morgan fingerprint density at radius 1 is 1.11 bits per heavy atom. The molecule has 2 aromatic carbocycles. The molecule has 2 aliphatic heterocycles. The summed E-state index contributed by atoms with van der Waals surface area (Å²) in [6, 6.07) is 15.4. The van der Waals surface area contributed by atoms with Gasteiger partial charge in [-0.15, -0.1) is 0 Å². The van der Waals surface area contributed by atoms with Gasteiger partial charge in [-0.25, -0.2) is 0 Å². The SMILES string of the molecule is CCNC(=O)c1ccccc1C(=C1CC2CCC(C(=O)OCC(Cl)(Cl)Cl)(C1)N2)c1ccc(OC)cc1. The number of nitrogens with one attached hydrogen (secondary N) is 2. The van der Waals surface area contributed by atoms with E-state index in [1.165, 1.54) is 0 Å². The van der Waals surface area contributed by atoms with Crippen LogP contribution in [0.4, 0.5) is 0 Å². The van der Waals surface area contributed by atoms with Gasteiger partial charge in [0.15, 0.2) is 0 Å². The van der Waals surface area contributed by atoms with E-state index in [-0.39, 0.29) is 18.6 Å². The molecule has 2 saturated heterocycles. The normalized spacial score (nSPS) is 22.6. The number of piperidine rings is 1. The highest BCUT2D eigenvalue weighted by Gasteiger charge is 2.51. The van der Waals surface area contributed by atoms with Crippen LogP contribution >= 0.6 is 34.8 Å². The fraction of sp³-hybridized carbons (Fsp3) is 0.407. The lowest BCUT2D eigenvalue weighted by atomic mass is 9.80. The summed E-state index contributed by atoms with van der Waals surface area (Å²) in [5, 5.41) is 6.38. The second-order valence-electron chi connectivity index (χ2n) is 9.15. The highest BCUT2D eigenvalue weighted by atomic mass is 35.6. The Morgan fingerprint density at radius 2 is 1.81 bits per heavy atom. The maximum atomic E-state index is 13.2. The van der Waals surface area contributed by atoms with E-state index >= 15 is 0 Å². The van der Waals surface area contributed by atoms with Gasteiger partial charge in [0.1, 0.15) is 17.9 Å². The smallest absolute Gasteiger partial charge is 0.326 e. The molecule has 2 atom stereocenters. The Labute approximate surface area is 226 Å². The first-order valence-corrected chi connectivity index (χ1v) is 13.0. The zero-order valence-electron chi connectivity index (χ0n) is 20.2. The second kappa shape index (κ2) is 11.0. The lowest BCUT2D eigenvalue weighted by Crippen LogP contribution is -2.54. The third kappa shape index (κ3) is 5.83. The van der Waals surface area contributed by atoms with E-state index in [1.807, 2.05) is 55.5 Å². The van der Waals surface area contributed by atoms with Crippen molar-refractivity contribution in [2.24, 2.45) is 0 Å². The minimum atomic E-state index is -1.68. The van der Waals surface area contributed by atoms with Crippen molar-refractivity contribution in [3.8, 4) is 5.75 Å². The van der Waals surface area contributed by atoms with Crippen LogP contribution in [0.1, 0.15) is 54.1 Å². The molecule has 0 spiro atoms. The molecule has 0 radical (unpaired) electrons. The molecule has 36 heavy (non-hydrogen) atoms. The van der Waals surface area contributed by atoms with Crippen molar-refractivity contribution in [2.75, 3.05) is 20.3 Å². The van der Waals surface area contributed by atoms with Crippen LogP contribution < -0.4 is 15.4 Å². The van der Waals surface area contributed by atoms with Gasteiger partial charge in [0, 0.05) is 18.2 Å². The largest absolute Gasteiger partial charge is 0.497 e. The van der Waals surface area contributed by atoms with E-state index < -0.39 is 15.3 Å². The van der Waals surface area contributed by atoms with E-state index in [2.05, 4.69) is 10.6 Å². The van der Waals surface area contributed by atoms with Crippen molar-refractivity contribution in [3.05, 3.63) is 70.8 Å². The van der Waals surface area contributed by atoms with Crippen molar-refractivity contribution in [1.82, 2.24) is 10.6 Å². The van der Waals surface area contributed by atoms with E-state index in [0.717, 1.165) is 40.9 Å². The molecule has 2 aliphatic rings. The average Bonchev–Trinajstić information content (AvgIpc) is 3.18. The molecule has 1 amide bonds. The first kappa shape index (κ1) is 26.8. The molecule has 2 aromatic rings. The molecule has 2 unspecified atom stereocenters. The minimum absolute atomic E-state index is 0.0962. The molecule has 0 saturated carbocycles. The van der Waals surface area contributed by atoms with Crippen LogP contribution in [0.15, 0.2) is 54.1 Å². The summed E-state index contributed by atoms with van der Waals surface area (Å²) in [5.41, 5.74) is 3.43. The maximum absolute atomic E-state index is 13.2. The molecular weight excluding hydrogens is 523 g/mol. The van der Waals surface area contributed by atoms with Crippen molar-refractivity contribution in [1.29, 1.82) is 0 Å². The van der Waals surface area contributed by atoms with Crippen LogP contribution in [-0.2, 0) is 9.53 Å². The van der Waals surface area contributed by atoms with Gasteiger partial charge in [-0.05, 0) is 67.5 Å². The number of benzene rings is 2. The number of alkyl halides is 3. The third-order valence-corrected chi connectivity index (χ3v) is 7.00. The fourth-order valence-corrected chi connectivity index (χ4v) is 5.32. The third-order valence-electron chi connectivity index (χ3n) is 6.68. The molecule has 2 bridgehead atoms. The Hall–Kier alpha value is -2.25. The maximum Gasteiger partial charge on any atom is 0.326 e. The van der Waals surface area contributed by atoms with Gasteiger partial charge in [0.25, 0.3) is 5.91 Å². The molecule has 6 nitrogen and oxygen atoms in total. The number of rotatable bonds is 7. The number of methoxy groups -OCH3 is 1. The zero-order valence-corrected chi connectivity index (χ0v) is 22.5. The molecule has 192 valence electrons. The second-order valence-corrected chi connectivity index (χ2v) is 11.7. The summed E-state index contributed by atoms with van der Waals surface area (Å²) in [6.07, 6.45) is 2.60. The van der Waals surface area contributed by atoms with E-state index in [0.29, 0.717) is 24.9 Å². The molecule has 9 heteroatoms. The van der Waals surface area contributed by atoms with Crippen molar-refractivity contribution < 1.29 is 19.1 Å². The van der Waals surface area contributed by atoms with Crippen LogP contribution in [0.25, 0.3) is 5.57 Å². The Morgan fingerprint density at radius 3 is 2.44 bits per heavy atom. The number of hydrogen-bond acceptors (Lipinski definition) is 5. The number of fused-ring (bicyclic) bond motifs is 2. The summed E-state index contributed by atoms with van der Waals surface area (Å²) in [6.45, 7) is 2.08. The minimum Gasteiger partial charge on any atom is -0.497 e. The summed E-state index contributed by atoms with van der Waals surface area (Å²) >= 11 is 17.5. The number of carbonyl (C=O) groups excluding carboxylic acids is 2. The molecule has 2 heterocycles. The highest BCUT2D eigenvalue weighted by Crippen LogP contribution is 2.44. The Kier molecular flexibility index (Phi) is 8.20. The number of carbonyl (C=O) groups is 2. The highest BCUT2D eigenvalue weighted by molar-refractivity contribution is 6.67. The molecular formula is C27H29Cl3N2O4. The first-order chi connectivity index (χ1) is 17.2. The molecule has 2 fully saturated rings. The van der Waals surface area contributed by atoms with Gasteiger partial charge in [-0.2, -0.15) is 0 Å². The number of halogens is 3. The van der Waals surface area contributed by atoms with Gasteiger partial charge >= 0.3 is 5.97 Å². The number of hydrogen-bond donors (Lipinski definition) is 2. The van der Waals surface area contributed by atoms with Crippen LogP contribution in [0.3, 0.4) is 0 Å². The molecule has 4 rings (SSSR count). The summed E-state index contributed by atoms with van der Waals surface area (Å²) in [7, 11) is 1.62. The van der Waals surface area contributed by atoms with Gasteiger partial charge in [-0.1, -0.05) is 70.7 Å². The van der Waals surface area contributed by atoms with Gasteiger partial charge < -0.3 is 14.8 Å². The Balaban J connectivity index is 1.82. The van der Waals surface area contributed by atoms with Gasteiger partial charge in [0.05, 0.1) is 7.11 Å². The topological polar surface area (TPSA) is 76.7 Å². The molecule has 0 aromatic heterocycles. The lowest BCUT2D eigenvalue weighted by molar-refractivity contribution is -0.151. The van der Waals surface area contributed by atoms with Crippen LogP contribution in [0.2, 0.25) is 0 Å². The van der Waals surface area contributed by atoms with Gasteiger partial charge in [0.2, 0.25) is 3.79 Å². The van der Waals surface area contributed by atoms with Crippen molar-refractivity contribution >= 4 is 52.3 Å². The van der Waals surface area contributed by atoms with Crippen molar-refractivity contribution in [3.63, 3.8) is 0 Å². The van der Waals surface area contributed by atoms with Crippen molar-refractivity contribution in [2.45, 2.75) is 48.0 Å². The van der Waals surface area contributed by atoms with Crippen LogP contribution in [0, 0.1) is 0 Å². The number of esters is 1. The Bertz CT molecular complexity index is 1160. The van der Waals surface area contributed by atoms with E-state index in [9.17, 15) is 9.59 Å². The lowest BCUT2D eigenvalue weighted by Gasteiger charge is -2.36. The van der Waals surface area contributed by atoms with E-state index in [4.69, 9.17) is 44.3 Å². The average molecular weight is 552 g/mol. The molecule has 0 aliphatic carbocycles. The zero-order chi connectivity index (χ0) is 25.9. The molecule has 2 N–H and O–H groups in total. The summed E-state index contributed by atoms with van der Waals surface area (Å²) in [4.78, 5) is 26.2. The van der Waals surface area contributed by atoms with E-state index in [1.54, 1.807) is 7.11 Å². The van der Waals surface area contributed by atoms with Crippen LogP contribution in [0.5, 0.6) is 5.75 Å². The quantitative estimate of drug-likeness (QED) is 0.354. The summed E-state index contributed by atoms with van der Waals surface area (Å²) in [5.74, 6) is 0.158. The number of ether oxygens (including phenoxy) is 2. The summed E-state index contributed by atoms with van der Waals surface area (Å²) < 4.78 is 9.10. The predicted molar refractivity (Wildman–Crippen MR) is 143 cm³/mol. The first-order valence-electron chi connectivity index (χ1n) is 11.9.